The van der Waals surface area contributed by atoms with Crippen molar-refractivity contribution in [3.8, 4) is 0 Å². The van der Waals surface area contributed by atoms with Gasteiger partial charge in [0, 0.05) is 14.1 Å². The summed E-state index contributed by atoms with van der Waals surface area (Å²) in [6, 6.07) is 0. The Morgan fingerprint density at radius 1 is 1.50 bits per heavy atom. The summed E-state index contributed by atoms with van der Waals surface area (Å²) >= 11 is 0. The molecular formula is C7H12N4O. The summed E-state index contributed by atoms with van der Waals surface area (Å²) in [6.45, 7) is 1.72. The number of aromatic amines is 1. The highest BCUT2D eigenvalue weighted by Gasteiger charge is 2.07. The van der Waals surface area contributed by atoms with Crippen LogP contribution in [0.5, 0.6) is 0 Å². The molecule has 0 unspecified atom stereocenters. The van der Waals surface area contributed by atoms with Gasteiger partial charge in [-0.15, -0.1) is 0 Å². The SMILES string of the molecule is Cc1nc(N(C)C)c(N)c(=O)[nH]1. The van der Waals surface area contributed by atoms with Gasteiger partial charge < -0.3 is 15.6 Å². The van der Waals surface area contributed by atoms with Crippen LogP contribution >= 0.6 is 0 Å². The highest BCUT2D eigenvalue weighted by molar-refractivity contribution is 5.60. The molecule has 1 heterocycles. The van der Waals surface area contributed by atoms with E-state index in [2.05, 4.69) is 9.97 Å². The van der Waals surface area contributed by atoms with Crippen LogP contribution < -0.4 is 16.2 Å². The lowest BCUT2D eigenvalue weighted by Crippen LogP contribution is -2.22. The van der Waals surface area contributed by atoms with Crippen LogP contribution in [0, 0.1) is 6.92 Å². The number of hydrogen-bond donors (Lipinski definition) is 2. The lowest BCUT2D eigenvalue weighted by molar-refractivity contribution is 0.973. The van der Waals surface area contributed by atoms with Crippen molar-refractivity contribution in [2.45, 2.75) is 6.92 Å². The molecular weight excluding hydrogens is 156 g/mol. The Bertz CT molecular complexity index is 342. The maximum atomic E-state index is 11.1. The van der Waals surface area contributed by atoms with Gasteiger partial charge in [-0.1, -0.05) is 0 Å². The number of nitrogen functional groups attached to an aromatic ring is 1. The predicted molar refractivity (Wildman–Crippen MR) is 48.3 cm³/mol. The van der Waals surface area contributed by atoms with Crippen molar-refractivity contribution in [1.82, 2.24) is 9.97 Å². The molecule has 0 aliphatic rings. The van der Waals surface area contributed by atoms with Gasteiger partial charge in [0.05, 0.1) is 0 Å². The van der Waals surface area contributed by atoms with Crippen molar-refractivity contribution in [1.29, 1.82) is 0 Å². The van der Waals surface area contributed by atoms with Gasteiger partial charge in [0.15, 0.2) is 5.82 Å². The summed E-state index contributed by atoms with van der Waals surface area (Å²) in [6.07, 6.45) is 0. The van der Waals surface area contributed by atoms with Crippen molar-refractivity contribution in [2.75, 3.05) is 24.7 Å². The summed E-state index contributed by atoms with van der Waals surface area (Å²) in [5, 5.41) is 0. The first kappa shape index (κ1) is 8.58. The number of nitrogens with zero attached hydrogens (tertiary/aromatic N) is 2. The monoisotopic (exact) mass is 168 g/mol. The average Bonchev–Trinajstić information content (AvgIpc) is 1.96. The van der Waals surface area contributed by atoms with Crippen LogP contribution in [0.2, 0.25) is 0 Å². The zero-order valence-corrected chi connectivity index (χ0v) is 7.38. The molecule has 12 heavy (non-hydrogen) atoms. The maximum absolute atomic E-state index is 11.1. The van der Waals surface area contributed by atoms with E-state index in [1.54, 1.807) is 25.9 Å². The molecule has 1 aromatic heterocycles. The summed E-state index contributed by atoms with van der Waals surface area (Å²) < 4.78 is 0. The Morgan fingerprint density at radius 3 is 2.58 bits per heavy atom. The van der Waals surface area contributed by atoms with Crippen molar-refractivity contribution >= 4 is 11.5 Å². The van der Waals surface area contributed by atoms with E-state index in [-0.39, 0.29) is 11.2 Å². The number of aromatic nitrogens is 2. The van der Waals surface area contributed by atoms with E-state index in [9.17, 15) is 4.79 Å². The molecule has 0 atom stereocenters. The van der Waals surface area contributed by atoms with Gasteiger partial charge in [-0.05, 0) is 6.92 Å². The number of nitrogens with two attached hydrogens (primary N) is 1. The van der Waals surface area contributed by atoms with E-state index in [0.29, 0.717) is 11.6 Å². The Hall–Kier alpha value is -1.52. The van der Waals surface area contributed by atoms with Gasteiger partial charge >= 0.3 is 0 Å². The Balaban J connectivity index is 3.38. The van der Waals surface area contributed by atoms with E-state index < -0.39 is 0 Å². The second-order valence-electron chi connectivity index (χ2n) is 2.78. The quantitative estimate of drug-likeness (QED) is 0.605. The fourth-order valence-corrected chi connectivity index (χ4v) is 0.921. The molecule has 1 aromatic rings. The maximum Gasteiger partial charge on any atom is 0.276 e. The smallest absolute Gasteiger partial charge is 0.276 e. The molecule has 0 aliphatic heterocycles. The van der Waals surface area contributed by atoms with Crippen LogP contribution in [-0.4, -0.2) is 24.1 Å². The molecule has 66 valence electrons. The van der Waals surface area contributed by atoms with E-state index in [4.69, 9.17) is 5.73 Å². The van der Waals surface area contributed by atoms with E-state index in [1.165, 1.54) is 0 Å². The molecule has 0 spiro atoms. The molecule has 0 amide bonds. The Labute approximate surface area is 70.2 Å². The van der Waals surface area contributed by atoms with Crippen molar-refractivity contribution in [3.05, 3.63) is 16.2 Å². The third-order valence-corrected chi connectivity index (χ3v) is 1.48. The standard InChI is InChI=1S/C7H12N4O/c1-4-9-6(11(2)3)5(8)7(12)10-4/h8H2,1-3H3,(H,9,10,12). The molecule has 0 aliphatic carbocycles. The third-order valence-electron chi connectivity index (χ3n) is 1.48. The molecule has 1 rings (SSSR count). The molecule has 0 fully saturated rings. The number of H-pyrrole nitrogens is 1. The first-order valence-corrected chi connectivity index (χ1v) is 3.56. The molecule has 0 aromatic carbocycles. The van der Waals surface area contributed by atoms with Gasteiger partial charge in [0.25, 0.3) is 5.56 Å². The van der Waals surface area contributed by atoms with Gasteiger partial charge in [-0.3, -0.25) is 4.79 Å². The lowest BCUT2D eigenvalue weighted by Gasteiger charge is -2.12. The van der Waals surface area contributed by atoms with Crippen molar-refractivity contribution in [2.24, 2.45) is 0 Å². The fourth-order valence-electron chi connectivity index (χ4n) is 0.921. The molecule has 0 saturated carbocycles. The van der Waals surface area contributed by atoms with E-state index in [0.717, 1.165) is 0 Å². The number of anilines is 2. The van der Waals surface area contributed by atoms with Crippen LogP contribution in [-0.2, 0) is 0 Å². The van der Waals surface area contributed by atoms with Crippen LogP contribution in [0.4, 0.5) is 11.5 Å². The molecule has 0 saturated heterocycles. The van der Waals surface area contributed by atoms with E-state index >= 15 is 0 Å². The minimum absolute atomic E-state index is 0.158. The zero-order chi connectivity index (χ0) is 9.30. The zero-order valence-electron chi connectivity index (χ0n) is 7.38. The number of rotatable bonds is 1. The fraction of sp³-hybridized carbons (Fsp3) is 0.429. The molecule has 5 nitrogen and oxygen atoms in total. The normalized spacial score (nSPS) is 9.92. The number of hydrogen-bond acceptors (Lipinski definition) is 4. The van der Waals surface area contributed by atoms with Crippen LogP contribution in [0.15, 0.2) is 4.79 Å². The average molecular weight is 168 g/mol. The lowest BCUT2D eigenvalue weighted by atomic mass is 10.4. The second-order valence-corrected chi connectivity index (χ2v) is 2.78. The van der Waals surface area contributed by atoms with Gasteiger partial charge in [0.1, 0.15) is 11.5 Å². The first-order valence-electron chi connectivity index (χ1n) is 3.56. The molecule has 0 bridgehead atoms. The van der Waals surface area contributed by atoms with Gasteiger partial charge in [0.2, 0.25) is 0 Å². The molecule has 5 heteroatoms. The number of nitrogens with one attached hydrogen (secondary N) is 1. The highest BCUT2D eigenvalue weighted by atomic mass is 16.1. The summed E-state index contributed by atoms with van der Waals surface area (Å²) in [7, 11) is 3.58. The third kappa shape index (κ3) is 1.39. The minimum atomic E-state index is -0.286. The van der Waals surface area contributed by atoms with Crippen LogP contribution in [0.1, 0.15) is 5.82 Å². The van der Waals surface area contributed by atoms with E-state index in [1.807, 2.05) is 0 Å². The van der Waals surface area contributed by atoms with Gasteiger partial charge in [-0.25, -0.2) is 4.98 Å². The Morgan fingerprint density at radius 2 is 2.08 bits per heavy atom. The van der Waals surface area contributed by atoms with Crippen LogP contribution in [0.3, 0.4) is 0 Å². The molecule has 3 N–H and O–H groups in total. The van der Waals surface area contributed by atoms with Crippen molar-refractivity contribution in [3.63, 3.8) is 0 Å². The minimum Gasteiger partial charge on any atom is -0.391 e. The topological polar surface area (TPSA) is 75.0 Å². The predicted octanol–water partition coefficient (Wildman–Crippen LogP) is -0.273. The van der Waals surface area contributed by atoms with Crippen LogP contribution in [0.25, 0.3) is 0 Å². The molecule has 0 radical (unpaired) electrons. The van der Waals surface area contributed by atoms with Gasteiger partial charge in [-0.2, -0.15) is 0 Å². The summed E-state index contributed by atoms with van der Waals surface area (Å²) in [5.74, 6) is 1.08. The first-order chi connectivity index (χ1) is 5.52. The number of aryl methyl sites for hydroxylation is 1. The van der Waals surface area contributed by atoms with Crippen molar-refractivity contribution < 1.29 is 0 Å². The summed E-state index contributed by atoms with van der Waals surface area (Å²) in [4.78, 5) is 19.4. The second kappa shape index (κ2) is 2.84. The highest BCUT2D eigenvalue weighted by Crippen LogP contribution is 2.11. The summed E-state index contributed by atoms with van der Waals surface area (Å²) in [5.41, 5.74) is 5.38. The largest absolute Gasteiger partial charge is 0.391 e. The Kier molecular flexibility index (Phi) is 2.03.